The minimum absolute atomic E-state index is 0.0230. The molecule has 2 atom stereocenters. The number of hydrogen-bond acceptors (Lipinski definition) is 4. The highest BCUT2D eigenvalue weighted by molar-refractivity contribution is 5.43. The van der Waals surface area contributed by atoms with Gasteiger partial charge in [0.1, 0.15) is 0 Å². The first-order valence-corrected chi connectivity index (χ1v) is 6.71. The zero-order valence-electron chi connectivity index (χ0n) is 11.8. The standard InChI is InChI=1S/C16H18N2O3/c1-11-7-8-13(10-14(11)18(20)21)16(17)15(19)9-12-5-3-2-4-6-12/h2-8,10,15-16,19H,9,17H2,1H3/t15-,16+/m0/s1. The molecule has 0 saturated heterocycles. The molecule has 0 aliphatic rings. The number of nitrogens with zero attached hydrogens (tertiary/aromatic N) is 1. The predicted octanol–water partition coefficient (Wildman–Crippen LogP) is 2.51. The molecule has 5 nitrogen and oxygen atoms in total. The van der Waals surface area contributed by atoms with Crippen LogP contribution in [0.2, 0.25) is 0 Å². The van der Waals surface area contributed by atoms with Crippen LogP contribution in [0.15, 0.2) is 48.5 Å². The number of aryl methyl sites for hydroxylation is 1. The Hall–Kier alpha value is -2.24. The second kappa shape index (κ2) is 6.47. The lowest BCUT2D eigenvalue weighted by molar-refractivity contribution is -0.385. The monoisotopic (exact) mass is 286 g/mol. The van der Waals surface area contributed by atoms with Crippen molar-refractivity contribution in [1.29, 1.82) is 0 Å². The van der Waals surface area contributed by atoms with Crippen molar-refractivity contribution in [2.75, 3.05) is 0 Å². The first kappa shape index (κ1) is 15.2. The third-order valence-corrected chi connectivity index (χ3v) is 3.52. The SMILES string of the molecule is Cc1ccc([C@@H](N)[C@@H](O)Cc2ccccc2)cc1[N+](=O)[O-]. The van der Waals surface area contributed by atoms with E-state index >= 15 is 0 Å². The van der Waals surface area contributed by atoms with Gasteiger partial charge >= 0.3 is 0 Å². The van der Waals surface area contributed by atoms with E-state index in [2.05, 4.69) is 0 Å². The molecule has 2 aromatic carbocycles. The van der Waals surface area contributed by atoms with Gasteiger partial charge < -0.3 is 10.8 Å². The van der Waals surface area contributed by atoms with Crippen molar-refractivity contribution in [2.24, 2.45) is 5.73 Å². The fourth-order valence-corrected chi connectivity index (χ4v) is 2.24. The maximum atomic E-state index is 11.0. The van der Waals surface area contributed by atoms with Crippen LogP contribution in [-0.4, -0.2) is 16.1 Å². The molecule has 0 heterocycles. The molecule has 2 aromatic rings. The molecule has 0 aromatic heterocycles. The van der Waals surface area contributed by atoms with Gasteiger partial charge in [0.05, 0.1) is 17.1 Å². The van der Waals surface area contributed by atoms with Crippen molar-refractivity contribution in [3.63, 3.8) is 0 Å². The number of aliphatic hydroxyl groups excluding tert-OH is 1. The number of nitro groups is 1. The normalized spacial score (nSPS) is 13.7. The summed E-state index contributed by atoms with van der Waals surface area (Å²) in [4.78, 5) is 10.5. The van der Waals surface area contributed by atoms with Crippen LogP contribution in [0, 0.1) is 17.0 Å². The number of aliphatic hydroxyl groups is 1. The van der Waals surface area contributed by atoms with Crippen LogP contribution >= 0.6 is 0 Å². The summed E-state index contributed by atoms with van der Waals surface area (Å²) in [5, 5.41) is 21.2. The zero-order valence-corrected chi connectivity index (χ0v) is 11.8. The van der Waals surface area contributed by atoms with E-state index in [0.29, 0.717) is 17.5 Å². The van der Waals surface area contributed by atoms with Crippen LogP contribution in [-0.2, 0) is 6.42 Å². The average molecular weight is 286 g/mol. The third-order valence-electron chi connectivity index (χ3n) is 3.52. The minimum Gasteiger partial charge on any atom is -0.391 e. The summed E-state index contributed by atoms with van der Waals surface area (Å²) in [6.07, 6.45) is -0.390. The van der Waals surface area contributed by atoms with Gasteiger partial charge in [-0.15, -0.1) is 0 Å². The number of nitrogens with two attached hydrogens (primary N) is 1. The smallest absolute Gasteiger partial charge is 0.272 e. The number of rotatable bonds is 5. The maximum absolute atomic E-state index is 11.0. The van der Waals surface area contributed by atoms with E-state index in [1.807, 2.05) is 30.3 Å². The molecule has 0 radical (unpaired) electrons. The Morgan fingerprint density at radius 1 is 1.24 bits per heavy atom. The van der Waals surface area contributed by atoms with E-state index < -0.39 is 17.1 Å². The van der Waals surface area contributed by atoms with Gasteiger partial charge in [-0.05, 0) is 18.1 Å². The van der Waals surface area contributed by atoms with Crippen LogP contribution in [0.4, 0.5) is 5.69 Å². The highest BCUT2D eigenvalue weighted by Gasteiger charge is 2.20. The van der Waals surface area contributed by atoms with Crippen molar-refractivity contribution in [2.45, 2.75) is 25.5 Å². The van der Waals surface area contributed by atoms with Crippen molar-refractivity contribution >= 4 is 5.69 Å². The maximum Gasteiger partial charge on any atom is 0.272 e. The Bertz CT molecular complexity index is 629. The summed E-state index contributed by atoms with van der Waals surface area (Å²) < 4.78 is 0. The summed E-state index contributed by atoms with van der Waals surface area (Å²) in [5.74, 6) is 0. The van der Waals surface area contributed by atoms with E-state index in [9.17, 15) is 15.2 Å². The van der Waals surface area contributed by atoms with Gasteiger partial charge in [-0.25, -0.2) is 0 Å². The Kier molecular flexibility index (Phi) is 4.67. The molecule has 0 spiro atoms. The Balaban J connectivity index is 2.17. The van der Waals surface area contributed by atoms with E-state index in [0.717, 1.165) is 5.56 Å². The molecule has 0 aliphatic heterocycles. The van der Waals surface area contributed by atoms with Gasteiger partial charge in [-0.3, -0.25) is 10.1 Å². The lowest BCUT2D eigenvalue weighted by Gasteiger charge is -2.19. The summed E-state index contributed by atoms with van der Waals surface area (Å²) in [7, 11) is 0. The largest absolute Gasteiger partial charge is 0.391 e. The van der Waals surface area contributed by atoms with Crippen molar-refractivity contribution in [1.82, 2.24) is 0 Å². The molecule has 0 bridgehead atoms. The Morgan fingerprint density at radius 2 is 1.90 bits per heavy atom. The van der Waals surface area contributed by atoms with Crippen LogP contribution in [0.3, 0.4) is 0 Å². The van der Waals surface area contributed by atoms with Crippen LogP contribution in [0.25, 0.3) is 0 Å². The van der Waals surface area contributed by atoms with Crippen molar-refractivity contribution in [3.05, 3.63) is 75.3 Å². The number of nitro benzene ring substituents is 1. The van der Waals surface area contributed by atoms with Crippen molar-refractivity contribution in [3.8, 4) is 0 Å². The fraction of sp³-hybridized carbons (Fsp3) is 0.250. The molecule has 0 amide bonds. The van der Waals surface area contributed by atoms with E-state index in [1.54, 1.807) is 19.1 Å². The second-order valence-electron chi connectivity index (χ2n) is 5.09. The van der Waals surface area contributed by atoms with E-state index in [-0.39, 0.29) is 5.69 Å². The molecule has 21 heavy (non-hydrogen) atoms. The molecule has 0 saturated carbocycles. The topological polar surface area (TPSA) is 89.4 Å². The number of hydrogen-bond donors (Lipinski definition) is 2. The predicted molar refractivity (Wildman–Crippen MR) is 80.9 cm³/mol. The summed E-state index contributed by atoms with van der Waals surface area (Å²) >= 11 is 0. The lowest BCUT2D eigenvalue weighted by atomic mass is 9.95. The first-order valence-electron chi connectivity index (χ1n) is 6.71. The molecule has 0 unspecified atom stereocenters. The van der Waals surface area contributed by atoms with Gasteiger partial charge in [0, 0.05) is 18.1 Å². The summed E-state index contributed by atoms with van der Waals surface area (Å²) in [6, 6.07) is 13.7. The molecule has 0 fully saturated rings. The van der Waals surface area contributed by atoms with E-state index in [4.69, 9.17) is 5.73 Å². The van der Waals surface area contributed by atoms with Gasteiger partial charge in [0.15, 0.2) is 0 Å². The molecule has 110 valence electrons. The highest BCUT2D eigenvalue weighted by Crippen LogP contribution is 2.24. The quantitative estimate of drug-likeness (QED) is 0.652. The molecule has 3 N–H and O–H groups in total. The third kappa shape index (κ3) is 3.65. The van der Waals surface area contributed by atoms with Gasteiger partial charge in [0.2, 0.25) is 0 Å². The molecular formula is C16H18N2O3. The molecule has 0 aliphatic carbocycles. The summed E-state index contributed by atoms with van der Waals surface area (Å²) in [6.45, 7) is 1.67. The van der Waals surface area contributed by atoms with Crippen LogP contribution in [0.5, 0.6) is 0 Å². The minimum atomic E-state index is -0.797. The molecule has 5 heteroatoms. The Morgan fingerprint density at radius 3 is 2.52 bits per heavy atom. The van der Waals surface area contributed by atoms with Gasteiger partial charge in [-0.1, -0.05) is 42.5 Å². The molecule has 2 rings (SSSR count). The average Bonchev–Trinajstić information content (AvgIpc) is 2.47. The van der Waals surface area contributed by atoms with Gasteiger partial charge in [-0.2, -0.15) is 0 Å². The van der Waals surface area contributed by atoms with E-state index in [1.165, 1.54) is 6.07 Å². The van der Waals surface area contributed by atoms with Gasteiger partial charge in [0.25, 0.3) is 5.69 Å². The fourth-order valence-electron chi connectivity index (χ4n) is 2.24. The van der Waals surface area contributed by atoms with Crippen LogP contribution in [0.1, 0.15) is 22.7 Å². The van der Waals surface area contributed by atoms with Crippen molar-refractivity contribution < 1.29 is 10.0 Å². The highest BCUT2D eigenvalue weighted by atomic mass is 16.6. The zero-order chi connectivity index (χ0) is 15.4. The summed E-state index contributed by atoms with van der Waals surface area (Å²) in [5.41, 5.74) is 8.17. The first-order chi connectivity index (χ1) is 9.99. The lowest BCUT2D eigenvalue weighted by Crippen LogP contribution is -2.28. The molecular weight excluding hydrogens is 268 g/mol. The number of benzene rings is 2. The van der Waals surface area contributed by atoms with Crippen LogP contribution < -0.4 is 5.73 Å². The Labute approximate surface area is 123 Å². The second-order valence-corrected chi connectivity index (χ2v) is 5.09.